The van der Waals surface area contributed by atoms with Gasteiger partial charge in [0.2, 0.25) is 0 Å². The molecule has 0 saturated carbocycles. The van der Waals surface area contributed by atoms with E-state index in [4.69, 9.17) is 10.8 Å². The third-order valence-corrected chi connectivity index (χ3v) is 2.05. The van der Waals surface area contributed by atoms with Gasteiger partial charge in [0, 0.05) is 12.4 Å². The van der Waals surface area contributed by atoms with E-state index in [1.54, 1.807) is 19.3 Å². The summed E-state index contributed by atoms with van der Waals surface area (Å²) in [5.41, 5.74) is 6.76. The van der Waals surface area contributed by atoms with Gasteiger partial charge in [0.15, 0.2) is 0 Å². The molecule has 0 amide bonds. The molecule has 0 fully saturated rings. The third-order valence-electron chi connectivity index (χ3n) is 2.05. The van der Waals surface area contributed by atoms with E-state index in [9.17, 15) is 4.79 Å². The molecule has 0 saturated heterocycles. The van der Waals surface area contributed by atoms with Crippen LogP contribution in [0.2, 0.25) is 0 Å². The van der Waals surface area contributed by atoms with Gasteiger partial charge < -0.3 is 10.8 Å². The smallest absolute Gasteiger partial charge is 0.305 e. The number of pyridine rings is 1. The average Bonchev–Trinajstić information content (AvgIpc) is 2.01. The summed E-state index contributed by atoms with van der Waals surface area (Å²) in [7, 11) is 0. The van der Waals surface area contributed by atoms with Crippen molar-refractivity contribution >= 4 is 5.97 Å². The summed E-state index contributed by atoms with van der Waals surface area (Å²) in [6.45, 7) is 3.59. The zero-order chi connectivity index (χ0) is 10.8. The topological polar surface area (TPSA) is 76.2 Å². The lowest BCUT2D eigenvalue weighted by Crippen LogP contribution is -2.35. The van der Waals surface area contributed by atoms with Gasteiger partial charge in [-0.15, -0.1) is 0 Å². The van der Waals surface area contributed by atoms with Gasteiger partial charge in [0.25, 0.3) is 0 Å². The third kappa shape index (κ3) is 2.53. The van der Waals surface area contributed by atoms with Crippen LogP contribution >= 0.6 is 0 Å². The van der Waals surface area contributed by atoms with Gasteiger partial charge in [-0.25, -0.2) is 0 Å². The van der Waals surface area contributed by atoms with Crippen molar-refractivity contribution in [3.8, 4) is 0 Å². The van der Waals surface area contributed by atoms with Crippen LogP contribution in [-0.4, -0.2) is 16.1 Å². The minimum atomic E-state index is -0.906. The molecule has 76 valence electrons. The van der Waals surface area contributed by atoms with E-state index in [1.807, 2.05) is 13.0 Å². The van der Waals surface area contributed by atoms with E-state index in [-0.39, 0.29) is 6.42 Å². The molecule has 14 heavy (non-hydrogen) atoms. The SMILES string of the molecule is Cc1cncc([C@](C)(N)CC(=O)O)c1. The molecule has 0 aliphatic carbocycles. The number of nitrogens with two attached hydrogens (primary N) is 1. The minimum absolute atomic E-state index is 0.0991. The molecule has 0 radical (unpaired) electrons. The number of nitrogens with zero attached hydrogens (tertiary/aromatic N) is 1. The zero-order valence-electron chi connectivity index (χ0n) is 8.32. The maximum Gasteiger partial charge on any atom is 0.305 e. The van der Waals surface area contributed by atoms with Gasteiger partial charge in [0.05, 0.1) is 12.0 Å². The fourth-order valence-electron chi connectivity index (χ4n) is 1.28. The lowest BCUT2D eigenvalue weighted by molar-refractivity contribution is -0.138. The minimum Gasteiger partial charge on any atom is -0.481 e. The lowest BCUT2D eigenvalue weighted by atomic mass is 9.90. The zero-order valence-corrected chi connectivity index (χ0v) is 8.32. The lowest BCUT2D eigenvalue weighted by Gasteiger charge is -2.22. The van der Waals surface area contributed by atoms with E-state index in [2.05, 4.69) is 4.98 Å². The Labute approximate surface area is 82.8 Å². The fourth-order valence-corrected chi connectivity index (χ4v) is 1.28. The molecule has 3 N–H and O–H groups in total. The van der Waals surface area contributed by atoms with Crippen molar-refractivity contribution in [1.82, 2.24) is 4.98 Å². The molecule has 1 aromatic rings. The van der Waals surface area contributed by atoms with Crippen LogP contribution in [0.25, 0.3) is 0 Å². The highest BCUT2D eigenvalue weighted by Gasteiger charge is 2.24. The van der Waals surface area contributed by atoms with Crippen LogP contribution in [0.4, 0.5) is 0 Å². The van der Waals surface area contributed by atoms with E-state index in [1.165, 1.54) is 0 Å². The molecule has 0 bridgehead atoms. The molecule has 1 heterocycles. The van der Waals surface area contributed by atoms with Gasteiger partial charge in [-0.05, 0) is 25.0 Å². The molecule has 1 aromatic heterocycles. The van der Waals surface area contributed by atoms with E-state index in [0.717, 1.165) is 11.1 Å². The Bertz CT molecular complexity index is 348. The Morgan fingerprint density at radius 2 is 2.29 bits per heavy atom. The van der Waals surface area contributed by atoms with Gasteiger partial charge >= 0.3 is 5.97 Å². The number of hydrogen-bond donors (Lipinski definition) is 2. The van der Waals surface area contributed by atoms with E-state index >= 15 is 0 Å². The predicted molar refractivity (Wildman–Crippen MR) is 52.8 cm³/mol. The number of carbonyl (C=O) groups is 1. The van der Waals surface area contributed by atoms with Crippen LogP contribution in [0.5, 0.6) is 0 Å². The van der Waals surface area contributed by atoms with E-state index < -0.39 is 11.5 Å². The maximum absolute atomic E-state index is 10.6. The van der Waals surface area contributed by atoms with Gasteiger partial charge in [-0.3, -0.25) is 9.78 Å². The van der Waals surface area contributed by atoms with Crippen LogP contribution in [0.1, 0.15) is 24.5 Å². The summed E-state index contributed by atoms with van der Waals surface area (Å²) in [6.07, 6.45) is 3.22. The quantitative estimate of drug-likeness (QED) is 0.753. The molecule has 0 aliphatic heterocycles. The predicted octanol–water partition coefficient (Wildman–Crippen LogP) is 1.04. The second-order valence-electron chi connectivity index (χ2n) is 3.74. The molecule has 4 heteroatoms. The number of aromatic nitrogens is 1. The van der Waals surface area contributed by atoms with Crippen molar-refractivity contribution in [3.63, 3.8) is 0 Å². The standard InChI is InChI=1S/C10H14N2O2/c1-7-3-8(6-12-5-7)10(2,11)4-9(13)14/h3,5-6H,4,11H2,1-2H3,(H,13,14)/t10-/m1/s1. The van der Waals surface area contributed by atoms with Crippen LogP contribution < -0.4 is 5.73 Å². The van der Waals surface area contributed by atoms with Crippen LogP contribution in [-0.2, 0) is 10.3 Å². The number of carboxylic acids is 1. The highest BCUT2D eigenvalue weighted by molar-refractivity contribution is 5.68. The second kappa shape index (κ2) is 3.75. The molecule has 4 nitrogen and oxygen atoms in total. The Balaban J connectivity index is 2.97. The number of aliphatic carboxylic acids is 1. The van der Waals surface area contributed by atoms with Crippen molar-refractivity contribution < 1.29 is 9.90 Å². The maximum atomic E-state index is 10.6. The Morgan fingerprint density at radius 3 is 2.79 bits per heavy atom. The van der Waals surface area contributed by atoms with Crippen LogP contribution in [0, 0.1) is 6.92 Å². The van der Waals surface area contributed by atoms with Gasteiger partial charge in [0.1, 0.15) is 0 Å². The van der Waals surface area contributed by atoms with Crippen molar-refractivity contribution in [2.75, 3.05) is 0 Å². The Morgan fingerprint density at radius 1 is 1.64 bits per heavy atom. The highest BCUT2D eigenvalue weighted by atomic mass is 16.4. The van der Waals surface area contributed by atoms with E-state index in [0.29, 0.717) is 0 Å². The fraction of sp³-hybridized carbons (Fsp3) is 0.400. The van der Waals surface area contributed by atoms with Crippen molar-refractivity contribution in [2.45, 2.75) is 25.8 Å². The molecule has 0 spiro atoms. The van der Waals surface area contributed by atoms with Crippen LogP contribution in [0.3, 0.4) is 0 Å². The molecule has 1 atom stereocenters. The van der Waals surface area contributed by atoms with Gasteiger partial charge in [-0.1, -0.05) is 6.07 Å². The summed E-state index contributed by atoms with van der Waals surface area (Å²) >= 11 is 0. The Kier molecular flexibility index (Phi) is 2.86. The molecule has 0 aliphatic rings. The monoisotopic (exact) mass is 194 g/mol. The summed E-state index contributed by atoms with van der Waals surface area (Å²) < 4.78 is 0. The number of rotatable bonds is 3. The normalized spacial score (nSPS) is 14.8. The molecular weight excluding hydrogens is 180 g/mol. The average molecular weight is 194 g/mol. The van der Waals surface area contributed by atoms with Crippen molar-refractivity contribution in [1.29, 1.82) is 0 Å². The van der Waals surface area contributed by atoms with Gasteiger partial charge in [-0.2, -0.15) is 0 Å². The summed E-state index contributed by atoms with van der Waals surface area (Å²) in [5.74, 6) is -0.906. The summed E-state index contributed by atoms with van der Waals surface area (Å²) in [5, 5.41) is 8.68. The molecule has 0 aromatic carbocycles. The van der Waals surface area contributed by atoms with Crippen molar-refractivity contribution in [2.24, 2.45) is 5.73 Å². The van der Waals surface area contributed by atoms with Crippen molar-refractivity contribution in [3.05, 3.63) is 29.6 Å². The first-order chi connectivity index (χ1) is 6.42. The largest absolute Gasteiger partial charge is 0.481 e. The Hall–Kier alpha value is -1.42. The molecule has 1 rings (SSSR count). The van der Waals surface area contributed by atoms with Crippen LogP contribution in [0.15, 0.2) is 18.5 Å². The second-order valence-corrected chi connectivity index (χ2v) is 3.74. The first-order valence-corrected chi connectivity index (χ1v) is 4.34. The molecular formula is C10H14N2O2. The number of aryl methyl sites for hydroxylation is 1. The first-order valence-electron chi connectivity index (χ1n) is 4.34. The molecule has 0 unspecified atom stereocenters. The first kappa shape index (κ1) is 10.7. The summed E-state index contributed by atoms with van der Waals surface area (Å²) in [6, 6.07) is 1.86. The summed E-state index contributed by atoms with van der Waals surface area (Å²) in [4.78, 5) is 14.6. The highest BCUT2D eigenvalue weighted by Crippen LogP contribution is 2.21. The number of hydrogen-bond acceptors (Lipinski definition) is 3. The number of carboxylic acid groups (broad SMARTS) is 1.